The number of carbonyl (C=O) groups is 1. The summed E-state index contributed by atoms with van der Waals surface area (Å²) in [4.78, 5) is 24.4. The van der Waals surface area contributed by atoms with E-state index >= 15 is 0 Å². The lowest BCUT2D eigenvalue weighted by molar-refractivity contribution is -0.719. The summed E-state index contributed by atoms with van der Waals surface area (Å²) in [6.45, 7) is 4.42. The minimum Gasteiger partial charge on any atom is -0.269 e. The third kappa shape index (κ3) is 4.92. The van der Waals surface area contributed by atoms with Crippen LogP contribution in [0.3, 0.4) is 0 Å². The standard InChI is InChI=1S/C15H29N2O2/c1-4-6-7-9-13(8-5-2)12-14-10-11-15(18)16(3)17(14)19/h13-14H,4-12H2,1-3H3/q+1. The van der Waals surface area contributed by atoms with Crippen LogP contribution in [0.25, 0.3) is 0 Å². The number of nitroso groups, excluding NO2 is 1. The predicted octanol–water partition coefficient (Wildman–Crippen LogP) is 3.69. The SMILES string of the molecule is CCCCCC(CCC)CC1CCC(=O)N(C)[N+]1=O. The highest BCUT2D eigenvalue weighted by Crippen LogP contribution is 2.26. The second kappa shape index (κ2) is 8.28. The Bertz CT molecular complexity index is 305. The van der Waals surface area contributed by atoms with Crippen LogP contribution in [-0.4, -0.2) is 28.9 Å². The number of hydrogen-bond donors (Lipinski definition) is 0. The fourth-order valence-corrected chi connectivity index (χ4v) is 2.98. The zero-order chi connectivity index (χ0) is 14.3. The Balaban J connectivity index is 2.48. The van der Waals surface area contributed by atoms with E-state index in [1.54, 1.807) is 7.05 Å². The molecule has 0 saturated carbocycles. The molecule has 0 spiro atoms. The average Bonchev–Trinajstić information content (AvgIpc) is 2.40. The van der Waals surface area contributed by atoms with Crippen LogP contribution in [0.5, 0.6) is 0 Å². The summed E-state index contributed by atoms with van der Waals surface area (Å²) in [6, 6.07) is 0.000812. The first-order chi connectivity index (χ1) is 9.10. The molecule has 0 aliphatic carbocycles. The monoisotopic (exact) mass is 269 g/mol. The van der Waals surface area contributed by atoms with Gasteiger partial charge in [0.2, 0.25) is 6.04 Å². The van der Waals surface area contributed by atoms with Crippen molar-refractivity contribution in [2.24, 2.45) is 5.92 Å². The van der Waals surface area contributed by atoms with Gasteiger partial charge in [0.15, 0.2) is 0 Å². The van der Waals surface area contributed by atoms with Gasteiger partial charge in [-0.3, -0.25) is 4.79 Å². The fourth-order valence-electron chi connectivity index (χ4n) is 2.98. The van der Waals surface area contributed by atoms with Gasteiger partial charge < -0.3 is 0 Å². The molecule has 1 heterocycles. The summed E-state index contributed by atoms with van der Waals surface area (Å²) < 4.78 is 0. The molecule has 0 aromatic rings. The van der Waals surface area contributed by atoms with Gasteiger partial charge >= 0.3 is 0 Å². The van der Waals surface area contributed by atoms with Crippen LogP contribution >= 0.6 is 0 Å². The summed E-state index contributed by atoms with van der Waals surface area (Å²) in [5.41, 5.74) is 0. The molecule has 1 aliphatic heterocycles. The van der Waals surface area contributed by atoms with E-state index in [0.717, 1.165) is 17.7 Å². The highest BCUT2D eigenvalue weighted by Gasteiger charge is 2.40. The first-order valence-corrected chi connectivity index (χ1v) is 7.82. The Morgan fingerprint density at radius 1 is 1.26 bits per heavy atom. The van der Waals surface area contributed by atoms with Crippen molar-refractivity contribution in [2.45, 2.75) is 77.7 Å². The molecular weight excluding hydrogens is 240 g/mol. The third-order valence-electron chi connectivity index (χ3n) is 4.18. The minimum atomic E-state index is -0.0516. The number of amides is 1. The Hall–Kier alpha value is -0.930. The molecule has 1 rings (SSSR count). The van der Waals surface area contributed by atoms with Crippen LogP contribution < -0.4 is 0 Å². The lowest BCUT2D eigenvalue weighted by atomic mass is 9.88. The zero-order valence-corrected chi connectivity index (χ0v) is 12.7. The smallest absolute Gasteiger partial charge is 0.269 e. The molecule has 1 amide bonds. The van der Waals surface area contributed by atoms with E-state index in [1.165, 1.54) is 43.5 Å². The fraction of sp³-hybridized carbons (Fsp3) is 0.933. The van der Waals surface area contributed by atoms with E-state index in [-0.39, 0.29) is 11.9 Å². The normalized spacial score (nSPS) is 21.8. The number of hydrazine groups is 1. The summed E-state index contributed by atoms with van der Waals surface area (Å²) in [6.07, 6.45) is 9.58. The number of nitrogens with zero attached hydrogens (tertiary/aromatic N) is 2. The van der Waals surface area contributed by atoms with Crippen LogP contribution in [0.15, 0.2) is 0 Å². The van der Waals surface area contributed by atoms with Crippen LogP contribution in [-0.2, 0) is 4.79 Å². The van der Waals surface area contributed by atoms with Gasteiger partial charge in [0.25, 0.3) is 5.91 Å². The van der Waals surface area contributed by atoms with E-state index in [1.807, 2.05) is 0 Å². The van der Waals surface area contributed by atoms with Crippen molar-refractivity contribution in [3.8, 4) is 0 Å². The summed E-state index contributed by atoms with van der Waals surface area (Å²) in [7, 11) is 1.59. The summed E-state index contributed by atoms with van der Waals surface area (Å²) >= 11 is 0. The number of hydrogen-bond acceptors (Lipinski definition) is 2. The minimum absolute atomic E-state index is 0.000812. The summed E-state index contributed by atoms with van der Waals surface area (Å²) in [5, 5.41) is 1.25. The van der Waals surface area contributed by atoms with Crippen molar-refractivity contribution < 1.29 is 9.66 Å². The Kier molecular flexibility index (Phi) is 7.03. The van der Waals surface area contributed by atoms with Gasteiger partial charge in [0.05, 0.1) is 12.0 Å². The molecule has 0 N–H and O–H groups in total. The van der Waals surface area contributed by atoms with E-state index in [0.29, 0.717) is 12.3 Å². The topological polar surface area (TPSA) is 40.4 Å². The zero-order valence-electron chi connectivity index (χ0n) is 12.7. The number of rotatable bonds is 8. The van der Waals surface area contributed by atoms with Gasteiger partial charge in [-0.15, -0.1) is 0 Å². The Labute approximate surface area is 117 Å². The maximum absolute atomic E-state index is 12.0. The first kappa shape index (κ1) is 16.1. The van der Waals surface area contributed by atoms with Gasteiger partial charge in [-0.1, -0.05) is 57.4 Å². The maximum Gasteiger partial charge on any atom is 0.281 e. The second-order valence-corrected chi connectivity index (χ2v) is 5.80. The van der Waals surface area contributed by atoms with Crippen molar-refractivity contribution >= 4 is 5.91 Å². The van der Waals surface area contributed by atoms with E-state index in [9.17, 15) is 9.70 Å². The molecular formula is C15H29N2O2+. The van der Waals surface area contributed by atoms with Gasteiger partial charge in [-0.2, -0.15) is 0 Å². The molecule has 4 nitrogen and oxygen atoms in total. The van der Waals surface area contributed by atoms with Crippen LogP contribution in [0.2, 0.25) is 0 Å². The Morgan fingerprint density at radius 3 is 2.63 bits per heavy atom. The molecule has 1 aliphatic rings. The molecule has 0 radical (unpaired) electrons. The lowest BCUT2D eigenvalue weighted by Crippen LogP contribution is -2.46. The predicted molar refractivity (Wildman–Crippen MR) is 76.6 cm³/mol. The second-order valence-electron chi connectivity index (χ2n) is 5.80. The van der Waals surface area contributed by atoms with Crippen LogP contribution in [0.4, 0.5) is 0 Å². The molecule has 0 aromatic heterocycles. The molecule has 110 valence electrons. The van der Waals surface area contributed by atoms with Crippen LogP contribution in [0.1, 0.15) is 71.6 Å². The van der Waals surface area contributed by atoms with E-state index in [2.05, 4.69) is 13.8 Å². The van der Waals surface area contributed by atoms with Crippen molar-refractivity contribution in [2.75, 3.05) is 7.05 Å². The summed E-state index contributed by atoms with van der Waals surface area (Å²) in [5.74, 6) is 0.587. The first-order valence-electron chi connectivity index (χ1n) is 7.82. The van der Waals surface area contributed by atoms with Crippen molar-refractivity contribution in [3.05, 3.63) is 4.91 Å². The molecule has 0 aromatic carbocycles. The van der Waals surface area contributed by atoms with Crippen molar-refractivity contribution in [1.82, 2.24) is 5.01 Å². The largest absolute Gasteiger partial charge is 0.281 e. The molecule has 2 unspecified atom stereocenters. The highest BCUT2D eigenvalue weighted by molar-refractivity contribution is 5.74. The molecule has 1 saturated heterocycles. The van der Waals surface area contributed by atoms with Crippen LogP contribution in [0, 0.1) is 10.8 Å². The molecule has 19 heavy (non-hydrogen) atoms. The van der Waals surface area contributed by atoms with Crippen molar-refractivity contribution in [1.29, 1.82) is 0 Å². The molecule has 0 bridgehead atoms. The van der Waals surface area contributed by atoms with E-state index in [4.69, 9.17) is 0 Å². The molecule has 4 heteroatoms. The van der Waals surface area contributed by atoms with E-state index < -0.39 is 0 Å². The lowest BCUT2D eigenvalue weighted by Gasteiger charge is -2.23. The third-order valence-corrected chi connectivity index (χ3v) is 4.18. The molecule has 1 fully saturated rings. The molecule has 2 atom stereocenters. The highest BCUT2D eigenvalue weighted by atomic mass is 16.3. The average molecular weight is 269 g/mol. The van der Waals surface area contributed by atoms with Gasteiger partial charge in [-0.05, 0) is 5.92 Å². The number of carbonyl (C=O) groups excluding carboxylic acids is 1. The quantitative estimate of drug-likeness (QED) is 0.498. The van der Waals surface area contributed by atoms with Gasteiger partial charge in [0.1, 0.15) is 4.87 Å². The maximum atomic E-state index is 12.0. The van der Waals surface area contributed by atoms with Gasteiger partial charge in [-0.25, -0.2) is 0 Å². The number of unbranched alkanes of at least 4 members (excludes halogenated alkanes) is 2. The van der Waals surface area contributed by atoms with Crippen molar-refractivity contribution in [3.63, 3.8) is 0 Å². The Morgan fingerprint density at radius 2 is 2.00 bits per heavy atom. The van der Waals surface area contributed by atoms with Gasteiger partial charge in [0, 0.05) is 19.3 Å².